The molecule has 1 N–H and O–H groups in total. The fourth-order valence-corrected chi connectivity index (χ4v) is 3.55. The van der Waals surface area contributed by atoms with E-state index in [-0.39, 0.29) is 6.79 Å². The number of halogens is 1. The molecule has 0 aromatic heterocycles. The second-order valence-corrected chi connectivity index (χ2v) is 5.51. The summed E-state index contributed by atoms with van der Waals surface area (Å²) in [4.78, 5) is 11.8. The second kappa shape index (κ2) is 4.69. The van der Waals surface area contributed by atoms with Crippen LogP contribution in [0.5, 0.6) is 5.75 Å². The molecule has 0 unspecified atom stereocenters. The summed E-state index contributed by atoms with van der Waals surface area (Å²) in [6, 6.07) is 3.51. The van der Waals surface area contributed by atoms with Crippen LogP contribution in [0.3, 0.4) is 0 Å². The van der Waals surface area contributed by atoms with Crippen molar-refractivity contribution in [3.63, 3.8) is 0 Å². The van der Waals surface area contributed by atoms with E-state index in [0.717, 1.165) is 18.4 Å². The number of benzene rings is 1. The molecule has 1 aliphatic heterocycles. The maximum Gasteiger partial charge on any atom is 0.314 e. The third-order valence-electron chi connectivity index (χ3n) is 4.11. The van der Waals surface area contributed by atoms with Crippen molar-refractivity contribution in [3.05, 3.63) is 28.3 Å². The summed E-state index contributed by atoms with van der Waals surface area (Å²) in [5, 5.41) is 10.2. The highest BCUT2D eigenvalue weighted by molar-refractivity contribution is 6.32. The zero-order chi connectivity index (χ0) is 13.5. The average molecular weight is 283 g/mol. The van der Waals surface area contributed by atoms with Crippen LogP contribution in [0.2, 0.25) is 5.02 Å². The van der Waals surface area contributed by atoms with Gasteiger partial charge in [0.25, 0.3) is 0 Å². The van der Waals surface area contributed by atoms with Gasteiger partial charge < -0.3 is 14.6 Å². The van der Waals surface area contributed by atoms with Crippen LogP contribution in [-0.4, -0.2) is 17.9 Å². The summed E-state index contributed by atoms with van der Waals surface area (Å²) < 4.78 is 10.7. The predicted molar refractivity (Wildman–Crippen MR) is 69.5 cm³/mol. The van der Waals surface area contributed by atoms with Gasteiger partial charge in [-0.1, -0.05) is 24.4 Å². The van der Waals surface area contributed by atoms with Crippen molar-refractivity contribution in [1.82, 2.24) is 0 Å². The van der Waals surface area contributed by atoms with Gasteiger partial charge in [-0.05, 0) is 30.5 Å². The highest BCUT2D eigenvalue weighted by Gasteiger charge is 2.46. The quantitative estimate of drug-likeness (QED) is 0.905. The van der Waals surface area contributed by atoms with Gasteiger partial charge in [0.1, 0.15) is 5.75 Å². The SMILES string of the molecule is O=C(O)C1(c2c(Cl)ccc3c2COCO3)CCCC1. The molecule has 0 saturated heterocycles. The van der Waals surface area contributed by atoms with E-state index in [1.54, 1.807) is 12.1 Å². The molecule has 0 amide bonds. The van der Waals surface area contributed by atoms with Crippen LogP contribution in [0.25, 0.3) is 0 Å². The van der Waals surface area contributed by atoms with Crippen molar-refractivity contribution in [2.45, 2.75) is 37.7 Å². The molecule has 0 spiro atoms. The molecule has 1 saturated carbocycles. The fraction of sp³-hybridized carbons (Fsp3) is 0.500. The third kappa shape index (κ3) is 1.90. The zero-order valence-electron chi connectivity index (χ0n) is 10.4. The van der Waals surface area contributed by atoms with Gasteiger partial charge in [-0.15, -0.1) is 0 Å². The van der Waals surface area contributed by atoms with Crippen molar-refractivity contribution in [2.75, 3.05) is 6.79 Å². The normalized spacial score (nSPS) is 20.7. The Morgan fingerprint density at radius 2 is 2.05 bits per heavy atom. The van der Waals surface area contributed by atoms with Crippen LogP contribution < -0.4 is 4.74 Å². The van der Waals surface area contributed by atoms with E-state index in [9.17, 15) is 9.90 Å². The average Bonchev–Trinajstić information content (AvgIpc) is 2.89. The number of aliphatic carboxylic acids is 1. The molecule has 102 valence electrons. The molecule has 0 bridgehead atoms. The van der Waals surface area contributed by atoms with Crippen molar-refractivity contribution >= 4 is 17.6 Å². The molecule has 1 aromatic carbocycles. The Bertz CT molecular complexity index is 520. The van der Waals surface area contributed by atoms with Crippen LogP contribution in [0, 0.1) is 0 Å². The number of carbonyl (C=O) groups is 1. The minimum Gasteiger partial charge on any atom is -0.481 e. The van der Waals surface area contributed by atoms with Crippen molar-refractivity contribution < 1.29 is 19.4 Å². The topological polar surface area (TPSA) is 55.8 Å². The van der Waals surface area contributed by atoms with E-state index in [1.807, 2.05) is 0 Å². The summed E-state index contributed by atoms with van der Waals surface area (Å²) in [5.41, 5.74) is 0.603. The highest BCUT2D eigenvalue weighted by Crippen LogP contribution is 2.48. The van der Waals surface area contributed by atoms with E-state index < -0.39 is 11.4 Å². The first kappa shape index (κ1) is 12.8. The molecule has 3 rings (SSSR count). The molecule has 2 aliphatic rings. The standard InChI is InChI=1S/C14H15ClO4/c15-10-3-4-11-9(7-18-8-19-11)12(10)14(13(16)17)5-1-2-6-14/h3-4H,1-2,5-8H2,(H,16,17). The van der Waals surface area contributed by atoms with Crippen LogP contribution in [0.4, 0.5) is 0 Å². The van der Waals surface area contributed by atoms with Gasteiger partial charge in [-0.3, -0.25) is 4.79 Å². The number of carboxylic acid groups (broad SMARTS) is 1. The van der Waals surface area contributed by atoms with Crippen LogP contribution in [0.15, 0.2) is 12.1 Å². The number of ether oxygens (including phenoxy) is 2. The summed E-state index contributed by atoms with van der Waals surface area (Å²) in [6.45, 7) is 0.564. The molecular weight excluding hydrogens is 268 g/mol. The van der Waals surface area contributed by atoms with Crippen molar-refractivity contribution in [3.8, 4) is 5.75 Å². The van der Waals surface area contributed by atoms with Crippen LogP contribution in [-0.2, 0) is 21.6 Å². The molecule has 0 atom stereocenters. The molecule has 1 aromatic rings. The van der Waals surface area contributed by atoms with Gasteiger partial charge in [-0.25, -0.2) is 0 Å². The number of rotatable bonds is 2. The van der Waals surface area contributed by atoms with E-state index in [2.05, 4.69) is 0 Å². The van der Waals surface area contributed by atoms with Gasteiger partial charge in [0.2, 0.25) is 0 Å². The largest absolute Gasteiger partial charge is 0.481 e. The second-order valence-electron chi connectivity index (χ2n) is 5.10. The smallest absolute Gasteiger partial charge is 0.314 e. The maximum absolute atomic E-state index is 11.8. The van der Waals surface area contributed by atoms with Gasteiger partial charge >= 0.3 is 5.97 Å². The van der Waals surface area contributed by atoms with Gasteiger partial charge in [0.05, 0.1) is 12.0 Å². The molecule has 1 aliphatic carbocycles. The lowest BCUT2D eigenvalue weighted by atomic mass is 9.76. The van der Waals surface area contributed by atoms with Gasteiger partial charge in [-0.2, -0.15) is 0 Å². The first-order chi connectivity index (χ1) is 9.15. The van der Waals surface area contributed by atoms with Crippen molar-refractivity contribution in [2.24, 2.45) is 0 Å². The molecule has 1 heterocycles. The molecule has 1 fully saturated rings. The molecule has 5 heteroatoms. The first-order valence-electron chi connectivity index (χ1n) is 6.41. The predicted octanol–water partition coefficient (Wildman–Crippen LogP) is 3.10. The van der Waals surface area contributed by atoms with E-state index >= 15 is 0 Å². The monoisotopic (exact) mass is 282 g/mol. The number of fused-ring (bicyclic) bond motifs is 1. The Kier molecular flexibility index (Phi) is 3.15. The third-order valence-corrected chi connectivity index (χ3v) is 4.42. The lowest BCUT2D eigenvalue weighted by Crippen LogP contribution is -2.35. The number of carboxylic acids is 1. The Morgan fingerprint density at radius 1 is 1.32 bits per heavy atom. The first-order valence-corrected chi connectivity index (χ1v) is 6.79. The molecular formula is C14H15ClO4. The maximum atomic E-state index is 11.8. The van der Waals surface area contributed by atoms with Crippen molar-refractivity contribution in [1.29, 1.82) is 0 Å². The molecule has 19 heavy (non-hydrogen) atoms. The summed E-state index contributed by atoms with van der Waals surface area (Å²) in [7, 11) is 0. The Labute approximate surface area is 116 Å². The van der Waals surface area contributed by atoms with Gasteiger partial charge in [0.15, 0.2) is 6.79 Å². The minimum atomic E-state index is -0.882. The summed E-state index contributed by atoms with van der Waals surface area (Å²) >= 11 is 6.30. The minimum absolute atomic E-state index is 0.203. The number of hydrogen-bond donors (Lipinski definition) is 1. The van der Waals surface area contributed by atoms with Crippen LogP contribution in [0.1, 0.15) is 36.8 Å². The van der Waals surface area contributed by atoms with E-state index in [0.29, 0.717) is 35.8 Å². The van der Waals surface area contributed by atoms with E-state index in [4.69, 9.17) is 21.1 Å². The lowest BCUT2D eigenvalue weighted by molar-refractivity contribution is -0.143. The zero-order valence-corrected chi connectivity index (χ0v) is 11.2. The Hall–Kier alpha value is -1.26. The summed E-state index contributed by atoms with van der Waals surface area (Å²) in [5.74, 6) is -0.107. The van der Waals surface area contributed by atoms with Gasteiger partial charge in [0, 0.05) is 10.6 Å². The Balaban J connectivity index is 2.20. The van der Waals surface area contributed by atoms with E-state index in [1.165, 1.54) is 0 Å². The number of hydrogen-bond acceptors (Lipinski definition) is 3. The van der Waals surface area contributed by atoms with Crippen LogP contribution >= 0.6 is 11.6 Å². The summed E-state index contributed by atoms with van der Waals surface area (Å²) in [6.07, 6.45) is 3.07. The lowest BCUT2D eigenvalue weighted by Gasteiger charge is -2.30. The molecule has 4 nitrogen and oxygen atoms in total. The highest BCUT2D eigenvalue weighted by atomic mass is 35.5. The Morgan fingerprint density at radius 3 is 2.74 bits per heavy atom. The molecule has 0 radical (unpaired) electrons. The fourth-order valence-electron chi connectivity index (χ4n) is 3.19.